The maximum atomic E-state index is 3.71. The molecule has 0 spiro atoms. The van der Waals surface area contributed by atoms with Crippen molar-refractivity contribution in [1.82, 2.24) is 5.32 Å². The molecule has 0 saturated carbocycles. The topological polar surface area (TPSA) is 12.0 Å². The first-order valence-electron chi connectivity index (χ1n) is 6.87. The molecule has 2 rings (SSSR count). The van der Waals surface area contributed by atoms with Gasteiger partial charge in [-0.2, -0.15) is 0 Å². The minimum absolute atomic E-state index is 0.330. The maximum absolute atomic E-state index is 3.71. The predicted octanol–water partition coefficient (Wildman–Crippen LogP) is 6.01. The van der Waals surface area contributed by atoms with Crippen molar-refractivity contribution in [1.29, 1.82) is 0 Å². The lowest BCUT2D eigenvalue weighted by Crippen LogP contribution is -2.24. The molecule has 0 fully saturated rings. The largest absolute Gasteiger partial charge is 0.303 e. The Morgan fingerprint density at radius 2 is 1.30 bits per heavy atom. The lowest BCUT2D eigenvalue weighted by atomic mass is 10.0. The van der Waals surface area contributed by atoms with Crippen LogP contribution >= 0.6 is 31.9 Å². The summed E-state index contributed by atoms with van der Waals surface area (Å²) in [6, 6.07) is 17.8. The number of hydrogen-bond acceptors (Lipinski definition) is 1. The first-order chi connectivity index (χ1) is 9.60. The highest BCUT2D eigenvalue weighted by Gasteiger charge is 2.13. The molecule has 0 aromatic heterocycles. The van der Waals surface area contributed by atoms with Gasteiger partial charge in [0.05, 0.1) is 0 Å². The number of rotatable bonds is 5. The van der Waals surface area contributed by atoms with Crippen LogP contribution in [0.1, 0.15) is 43.5 Å². The Balaban J connectivity index is 2.09. The van der Waals surface area contributed by atoms with Crippen LogP contribution in [0.4, 0.5) is 0 Å². The summed E-state index contributed by atoms with van der Waals surface area (Å²) in [5, 5.41) is 3.71. The molecule has 1 N–H and O–H groups in total. The molecule has 0 bridgehead atoms. The van der Waals surface area contributed by atoms with Crippen molar-refractivity contribution in [2.24, 2.45) is 0 Å². The molecule has 0 saturated heterocycles. The Hall–Kier alpha value is -0.640. The van der Waals surface area contributed by atoms with Crippen LogP contribution in [-0.2, 0) is 0 Å². The van der Waals surface area contributed by atoms with Gasteiger partial charge < -0.3 is 5.32 Å². The normalized spacial score (nSPS) is 14.0. The summed E-state index contributed by atoms with van der Waals surface area (Å²) in [7, 11) is 0. The van der Waals surface area contributed by atoms with E-state index in [1.807, 2.05) is 0 Å². The molecule has 0 radical (unpaired) electrons. The Morgan fingerprint density at radius 3 is 1.75 bits per heavy atom. The van der Waals surface area contributed by atoms with Crippen molar-refractivity contribution in [2.45, 2.75) is 32.4 Å². The third-order valence-electron chi connectivity index (χ3n) is 3.50. The van der Waals surface area contributed by atoms with E-state index in [0.29, 0.717) is 12.1 Å². The van der Waals surface area contributed by atoms with Crippen LogP contribution in [0.25, 0.3) is 0 Å². The Kier molecular flexibility index (Phi) is 5.82. The standard InChI is InChI=1S/C17H19Br2N/c1-3-17(14-6-10-16(19)11-7-14)20-12(2)13-4-8-15(18)9-5-13/h4-12,17,20H,3H2,1-2H3. The second kappa shape index (κ2) is 7.39. The van der Waals surface area contributed by atoms with Crippen LogP contribution in [0.2, 0.25) is 0 Å². The molecule has 2 aromatic rings. The minimum Gasteiger partial charge on any atom is -0.303 e. The van der Waals surface area contributed by atoms with Gasteiger partial charge in [0.15, 0.2) is 0 Å². The summed E-state index contributed by atoms with van der Waals surface area (Å²) in [5.74, 6) is 0. The fourth-order valence-electron chi connectivity index (χ4n) is 2.29. The quantitative estimate of drug-likeness (QED) is 0.651. The lowest BCUT2D eigenvalue weighted by Gasteiger charge is -2.23. The molecule has 0 aliphatic rings. The summed E-state index contributed by atoms with van der Waals surface area (Å²) in [6.45, 7) is 4.43. The smallest absolute Gasteiger partial charge is 0.0323 e. The summed E-state index contributed by atoms with van der Waals surface area (Å²) in [5.41, 5.74) is 2.64. The second-order valence-electron chi connectivity index (χ2n) is 4.95. The molecule has 0 amide bonds. The van der Waals surface area contributed by atoms with Gasteiger partial charge in [0, 0.05) is 21.0 Å². The van der Waals surface area contributed by atoms with Crippen LogP contribution in [0, 0.1) is 0 Å². The van der Waals surface area contributed by atoms with E-state index >= 15 is 0 Å². The first kappa shape index (κ1) is 15.7. The van der Waals surface area contributed by atoms with Crippen LogP contribution < -0.4 is 5.32 Å². The van der Waals surface area contributed by atoms with Gasteiger partial charge in [-0.15, -0.1) is 0 Å². The summed E-state index contributed by atoms with van der Waals surface area (Å²) >= 11 is 6.96. The third-order valence-corrected chi connectivity index (χ3v) is 4.56. The van der Waals surface area contributed by atoms with E-state index in [2.05, 4.69) is 99.6 Å². The predicted molar refractivity (Wildman–Crippen MR) is 92.9 cm³/mol. The van der Waals surface area contributed by atoms with E-state index in [1.165, 1.54) is 11.1 Å². The zero-order valence-electron chi connectivity index (χ0n) is 11.7. The molecule has 2 atom stereocenters. The third kappa shape index (κ3) is 4.18. The van der Waals surface area contributed by atoms with E-state index in [4.69, 9.17) is 0 Å². The molecular formula is C17H19Br2N. The van der Waals surface area contributed by atoms with Crippen molar-refractivity contribution in [3.63, 3.8) is 0 Å². The van der Waals surface area contributed by atoms with Gasteiger partial charge in [-0.1, -0.05) is 63.0 Å². The van der Waals surface area contributed by atoms with Crippen LogP contribution in [0.15, 0.2) is 57.5 Å². The van der Waals surface area contributed by atoms with Crippen LogP contribution in [-0.4, -0.2) is 0 Å². The molecule has 3 heteroatoms. The van der Waals surface area contributed by atoms with E-state index in [-0.39, 0.29) is 0 Å². The molecular weight excluding hydrogens is 378 g/mol. The summed E-state index contributed by atoms with van der Waals surface area (Å²) in [4.78, 5) is 0. The molecule has 2 aromatic carbocycles. The molecule has 2 unspecified atom stereocenters. The highest BCUT2D eigenvalue weighted by atomic mass is 79.9. The Bertz CT molecular complexity index is 534. The molecule has 0 aliphatic heterocycles. The number of nitrogens with one attached hydrogen (secondary N) is 1. The van der Waals surface area contributed by atoms with Crippen molar-refractivity contribution in [3.8, 4) is 0 Å². The van der Waals surface area contributed by atoms with E-state index in [1.54, 1.807) is 0 Å². The number of benzene rings is 2. The van der Waals surface area contributed by atoms with Gasteiger partial charge in [0.1, 0.15) is 0 Å². The maximum Gasteiger partial charge on any atom is 0.0323 e. The fraction of sp³-hybridized carbons (Fsp3) is 0.294. The average Bonchev–Trinajstić information content (AvgIpc) is 2.46. The molecule has 0 heterocycles. The van der Waals surface area contributed by atoms with Gasteiger partial charge in [-0.05, 0) is 48.7 Å². The molecule has 20 heavy (non-hydrogen) atoms. The monoisotopic (exact) mass is 395 g/mol. The molecule has 0 aliphatic carbocycles. The van der Waals surface area contributed by atoms with Crippen LogP contribution in [0.5, 0.6) is 0 Å². The molecule has 1 nitrogen and oxygen atoms in total. The lowest BCUT2D eigenvalue weighted by molar-refractivity contribution is 0.456. The minimum atomic E-state index is 0.330. The SMILES string of the molecule is CCC(NC(C)c1ccc(Br)cc1)c1ccc(Br)cc1. The van der Waals surface area contributed by atoms with E-state index in [9.17, 15) is 0 Å². The van der Waals surface area contributed by atoms with E-state index < -0.39 is 0 Å². The van der Waals surface area contributed by atoms with Crippen molar-refractivity contribution in [2.75, 3.05) is 0 Å². The average molecular weight is 397 g/mol. The zero-order chi connectivity index (χ0) is 14.5. The van der Waals surface area contributed by atoms with Gasteiger partial charge in [-0.3, -0.25) is 0 Å². The highest BCUT2D eigenvalue weighted by molar-refractivity contribution is 9.10. The Labute approximate surface area is 138 Å². The zero-order valence-corrected chi connectivity index (χ0v) is 14.9. The Morgan fingerprint density at radius 1 is 0.850 bits per heavy atom. The van der Waals surface area contributed by atoms with Gasteiger partial charge in [0.2, 0.25) is 0 Å². The number of hydrogen-bond donors (Lipinski definition) is 1. The first-order valence-corrected chi connectivity index (χ1v) is 8.45. The van der Waals surface area contributed by atoms with E-state index in [0.717, 1.165) is 15.4 Å². The van der Waals surface area contributed by atoms with Crippen molar-refractivity contribution >= 4 is 31.9 Å². The van der Waals surface area contributed by atoms with Gasteiger partial charge in [-0.25, -0.2) is 0 Å². The molecule has 106 valence electrons. The van der Waals surface area contributed by atoms with Gasteiger partial charge >= 0.3 is 0 Å². The van der Waals surface area contributed by atoms with Crippen LogP contribution in [0.3, 0.4) is 0 Å². The highest BCUT2D eigenvalue weighted by Crippen LogP contribution is 2.24. The number of halogens is 2. The fourth-order valence-corrected chi connectivity index (χ4v) is 2.82. The summed E-state index contributed by atoms with van der Waals surface area (Å²) in [6.07, 6.45) is 1.07. The second-order valence-corrected chi connectivity index (χ2v) is 6.78. The summed E-state index contributed by atoms with van der Waals surface area (Å²) < 4.78 is 2.24. The van der Waals surface area contributed by atoms with Gasteiger partial charge in [0.25, 0.3) is 0 Å². The van der Waals surface area contributed by atoms with Crippen molar-refractivity contribution in [3.05, 3.63) is 68.6 Å². The van der Waals surface area contributed by atoms with Crippen molar-refractivity contribution < 1.29 is 0 Å².